The Kier molecular flexibility index (Phi) is 8.60. The third kappa shape index (κ3) is 6.48. The number of unbranched alkanes of at least 4 members (excludes halogenated alkanes) is 1. The van der Waals surface area contributed by atoms with Crippen LogP contribution in [0.4, 0.5) is 0 Å². The van der Waals surface area contributed by atoms with E-state index in [0.29, 0.717) is 23.0 Å². The second kappa shape index (κ2) is 10.2. The van der Waals surface area contributed by atoms with Gasteiger partial charge in [-0.3, -0.25) is 9.59 Å². The number of amides is 2. The fourth-order valence-electron chi connectivity index (χ4n) is 2.17. The largest absolute Gasteiger partial charge is 0.354 e. The fourth-order valence-corrected chi connectivity index (χ4v) is 2.39. The van der Waals surface area contributed by atoms with Crippen molar-refractivity contribution in [2.45, 2.75) is 39.5 Å². The van der Waals surface area contributed by atoms with E-state index in [0.717, 1.165) is 12.8 Å². The first kappa shape index (κ1) is 18.5. The Labute approximate surface area is 137 Å². The molecule has 5 heteroatoms. The number of rotatable bonds is 9. The van der Waals surface area contributed by atoms with Crippen molar-refractivity contribution in [3.05, 3.63) is 34.9 Å². The van der Waals surface area contributed by atoms with E-state index in [2.05, 4.69) is 24.5 Å². The van der Waals surface area contributed by atoms with Crippen LogP contribution in [0.2, 0.25) is 5.02 Å². The van der Waals surface area contributed by atoms with Crippen LogP contribution in [0.15, 0.2) is 24.3 Å². The predicted molar refractivity (Wildman–Crippen MR) is 90.1 cm³/mol. The summed E-state index contributed by atoms with van der Waals surface area (Å²) in [5, 5.41) is 5.85. The summed E-state index contributed by atoms with van der Waals surface area (Å²) in [5.41, 5.74) is 0.381. The maximum Gasteiger partial charge on any atom is 0.253 e. The van der Waals surface area contributed by atoms with Gasteiger partial charge in [-0.05, 0) is 24.5 Å². The number of carbonyl (C=O) groups excluding carboxylic acids is 2. The second-order valence-electron chi connectivity index (χ2n) is 5.38. The highest BCUT2D eigenvalue weighted by molar-refractivity contribution is 6.33. The molecule has 0 aromatic heterocycles. The van der Waals surface area contributed by atoms with E-state index in [9.17, 15) is 9.59 Å². The molecule has 1 aromatic carbocycles. The Bertz CT molecular complexity index is 491. The van der Waals surface area contributed by atoms with E-state index in [1.54, 1.807) is 24.3 Å². The Morgan fingerprint density at radius 1 is 1.18 bits per heavy atom. The van der Waals surface area contributed by atoms with Gasteiger partial charge in [-0.2, -0.15) is 0 Å². The molecule has 0 aliphatic carbocycles. The quantitative estimate of drug-likeness (QED) is 0.731. The molecular formula is C17H25ClN2O2. The van der Waals surface area contributed by atoms with Gasteiger partial charge < -0.3 is 10.6 Å². The normalized spacial score (nSPS) is 11.8. The first-order valence-electron chi connectivity index (χ1n) is 7.87. The average molecular weight is 325 g/mol. The monoisotopic (exact) mass is 324 g/mol. The summed E-state index contributed by atoms with van der Waals surface area (Å²) in [6.07, 6.45) is 4.52. The highest BCUT2D eigenvalue weighted by Gasteiger charge is 2.12. The number of nitrogens with one attached hydrogen (secondary N) is 2. The zero-order valence-corrected chi connectivity index (χ0v) is 14.1. The van der Waals surface area contributed by atoms with Crippen LogP contribution in [0.1, 0.15) is 49.9 Å². The summed E-state index contributed by atoms with van der Waals surface area (Å²) in [6.45, 7) is 4.92. The fraction of sp³-hybridized carbons (Fsp3) is 0.529. The highest BCUT2D eigenvalue weighted by Crippen LogP contribution is 2.14. The van der Waals surface area contributed by atoms with Gasteiger partial charge in [0.05, 0.1) is 17.1 Å². The van der Waals surface area contributed by atoms with Crippen LogP contribution in [0, 0.1) is 5.92 Å². The van der Waals surface area contributed by atoms with Gasteiger partial charge in [0.15, 0.2) is 0 Å². The molecule has 4 nitrogen and oxygen atoms in total. The molecule has 1 rings (SSSR count). The first-order valence-corrected chi connectivity index (χ1v) is 8.25. The van der Waals surface area contributed by atoms with Crippen LogP contribution >= 0.6 is 11.6 Å². The van der Waals surface area contributed by atoms with Crippen molar-refractivity contribution < 1.29 is 9.59 Å². The lowest BCUT2D eigenvalue weighted by Crippen LogP contribution is -2.38. The van der Waals surface area contributed by atoms with Crippen LogP contribution < -0.4 is 10.6 Å². The molecule has 0 saturated heterocycles. The predicted octanol–water partition coefficient (Wildman–Crippen LogP) is 3.40. The molecule has 2 amide bonds. The van der Waals surface area contributed by atoms with Crippen molar-refractivity contribution in [2.24, 2.45) is 5.92 Å². The molecule has 0 spiro atoms. The van der Waals surface area contributed by atoms with E-state index in [1.165, 1.54) is 12.8 Å². The molecule has 2 N–H and O–H groups in total. The SMILES string of the molecule is CCCCC(CC)CNC(=O)CNC(=O)c1ccccc1Cl. The zero-order chi connectivity index (χ0) is 16.4. The molecule has 122 valence electrons. The summed E-state index contributed by atoms with van der Waals surface area (Å²) in [7, 11) is 0. The summed E-state index contributed by atoms with van der Waals surface area (Å²) in [4.78, 5) is 23.7. The standard InChI is InChI=1S/C17H25ClN2O2/c1-3-5-8-13(4-2)11-19-16(21)12-20-17(22)14-9-6-7-10-15(14)18/h6-7,9-10,13H,3-5,8,11-12H2,1-2H3,(H,19,21)(H,20,22). The number of benzene rings is 1. The number of hydrogen-bond acceptors (Lipinski definition) is 2. The molecule has 1 unspecified atom stereocenters. The van der Waals surface area contributed by atoms with Gasteiger partial charge in [-0.25, -0.2) is 0 Å². The minimum atomic E-state index is -0.334. The number of hydrogen-bond donors (Lipinski definition) is 2. The van der Waals surface area contributed by atoms with E-state index >= 15 is 0 Å². The van der Waals surface area contributed by atoms with Crippen LogP contribution in [0.25, 0.3) is 0 Å². The van der Waals surface area contributed by atoms with Crippen molar-refractivity contribution in [3.63, 3.8) is 0 Å². The third-order valence-corrected chi connectivity index (χ3v) is 3.99. The smallest absolute Gasteiger partial charge is 0.253 e. The second-order valence-corrected chi connectivity index (χ2v) is 5.79. The maximum absolute atomic E-state index is 11.9. The molecule has 1 atom stereocenters. The van der Waals surface area contributed by atoms with Gasteiger partial charge in [0, 0.05) is 6.54 Å². The maximum atomic E-state index is 11.9. The molecule has 0 saturated carbocycles. The lowest BCUT2D eigenvalue weighted by molar-refractivity contribution is -0.120. The van der Waals surface area contributed by atoms with Crippen LogP contribution in [0.5, 0.6) is 0 Å². The van der Waals surface area contributed by atoms with Crippen molar-refractivity contribution in [3.8, 4) is 0 Å². The molecule has 0 heterocycles. The Morgan fingerprint density at radius 3 is 2.55 bits per heavy atom. The van der Waals surface area contributed by atoms with E-state index in [-0.39, 0.29) is 18.4 Å². The number of carbonyl (C=O) groups is 2. The van der Waals surface area contributed by atoms with Gasteiger partial charge in [-0.15, -0.1) is 0 Å². The molecule has 1 aromatic rings. The van der Waals surface area contributed by atoms with Gasteiger partial charge >= 0.3 is 0 Å². The zero-order valence-electron chi connectivity index (χ0n) is 13.3. The minimum Gasteiger partial charge on any atom is -0.354 e. The van der Waals surface area contributed by atoms with Gasteiger partial charge in [0.1, 0.15) is 0 Å². The molecular weight excluding hydrogens is 300 g/mol. The minimum absolute atomic E-state index is 0.0335. The lowest BCUT2D eigenvalue weighted by Gasteiger charge is -2.15. The summed E-state index contributed by atoms with van der Waals surface area (Å²) in [6, 6.07) is 6.77. The van der Waals surface area contributed by atoms with Crippen LogP contribution in [-0.2, 0) is 4.79 Å². The molecule has 0 fully saturated rings. The van der Waals surface area contributed by atoms with Crippen LogP contribution in [-0.4, -0.2) is 24.9 Å². The molecule has 0 bridgehead atoms. The topological polar surface area (TPSA) is 58.2 Å². The van der Waals surface area contributed by atoms with Gasteiger partial charge in [0.25, 0.3) is 5.91 Å². The van der Waals surface area contributed by atoms with Crippen molar-refractivity contribution in [2.75, 3.05) is 13.1 Å². The van der Waals surface area contributed by atoms with E-state index in [4.69, 9.17) is 11.6 Å². The van der Waals surface area contributed by atoms with Crippen LogP contribution in [0.3, 0.4) is 0 Å². The highest BCUT2D eigenvalue weighted by atomic mass is 35.5. The molecule has 0 aliphatic rings. The Balaban J connectivity index is 2.34. The summed E-state index contributed by atoms with van der Waals surface area (Å²) < 4.78 is 0. The molecule has 0 radical (unpaired) electrons. The van der Waals surface area contributed by atoms with E-state index < -0.39 is 0 Å². The molecule has 0 aliphatic heterocycles. The van der Waals surface area contributed by atoms with Gasteiger partial charge in [0.2, 0.25) is 5.91 Å². The van der Waals surface area contributed by atoms with Crippen molar-refractivity contribution >= 4 is 23.4 Å². The van der Waals surface area contributed by atoms with Gasteiger partial charge in [-0.1, -0.05) is 56.8 Å². The third-order valence-electron chi connectivity index (χ3n) is 3.66. The summed E-state index contributed by atoms with van der Waals surface area (Å²) >= 11 is 5.94. The summed E-state index contributed by atoms with van der Waals surface area (Å²) in [5.74, 6) is -0.00250. The van der Waals surface area contributed by atoms with Crippen molar-refractivity contribution in [1.82, 2.24) is 10.6 Å². The molecule has 22 heavy (non-hydrogen) atoms. The Hall–Kier alpha value is -1.55. The number of halogens is 1. The van der Waals surface area contributed by atoms with Crippen molar-refractivity contribution in [1.29, 1.82) is 0 Å². The van der Waals surface area contributed by atoms with E-state index in [1.807, 2.05) is 0 Å². The Morgan fingerprint density at radius 2 is 1.91 bits per heavy atom. The lowest BCUT2D eigenvalue weighted by atomic mass is 9.99. The average Bonchev–Trinajstić information content (AvgIpc) is 2.53. The first-order chi connectivity index (χ1) is 10.6.